The molecular weight excluding hydrogens is 246 g/mol. The molecule has 0 aromatic heterocycles. The highest BCUT2D eigenvalue weighted by Crippen LogP contribution is 2.24. The van der Waals surface area contributed by atoms with Crippen molar-refractivity contribution in [3.05, 3.63) is 28.8 Å². The van der Waals surface area contributed by atoms with E-state index in [4.69, 9.17) is 16.3 Å². The number of likely N-dealkylation sites (tertiary alicyclic amines) is 1. The molecule has 0 radical (unpaired) electrons. The topological polar surface area (TPSA) is 13.7 Å². The molecule has 1 fully saturated rings. The molecule has 18 heavy (non-hydrogen) atoms. The van der Waals surface area contributed by atoms with E-state index in [9.17, 15) is 0 Å². The van der Waals surface area contributed by atoms with Crippen LogP contribution in [0.4, 0.5) is 0 Å². The van der Waals surface area contributed by atoms with Crippen LogP contribution in [0.5, 0.6) is 5.75 Å². The molecule has 0 aliphatic carbocycles. The highest BCUT2D eigenvalue weighted by molar-refractivity contribution is 6.32. The SMILES string of the molecule is Cc1ccc(OCC[NH+]2CCCCCC2)c(Cl)c1. The fraction of sp³-hybridized carbons (Fsp3) is 0.600. The Labute approximate surface area is 115 Å². The molecule has 1 heterocycles. The van der Waals surface area contributed by atoms with Gasteiger partial charge in [0.1, 0.15) is 18.9 Å². The number of nitrogens with one attached hydrogen (secondary N) is 1. The maximum Gasteiger partial charge on any atom is 0.138 e. The van der Waals surface area contributed by atoms with Crippen molar-refractivity contribution in [1.29, 1.82) is 0 Å². The van der Waals surface area contributed by atoms with E-state index in [1.807, 2.05) is 25.1 Å². The first-order chi connectivity index (χ1) is 8.75. The van der Waals surface area contributed by atoms with Gasteiger partial charge in [-0.3, -0.25) is 0 Å². The summed E-state index contributed by atoms with van der Waals surface area (Å²) in [5.74, 6) is 0.816. The first-order valence-electron chi connectivity index (χ1n) is 6.98. The minimum absolute atomic E-state index is 0.723. The number of ether oxygens (including phenoxy) is 1. The van der Waals surface area contributed by atoms with E-state index in [1.54, 1.807) is 4.90 Å². The number of hydrogen-bond donors (Lipinski definition) is 1. The van der Waals surface area contributed by atoms with Crippen LogP contribution >= 0.6 is 11.6 Å². The number of halogens is 1. The van der Waals surface area contributed by atoms with Gasteiger partial charge >= 0.3 is 0 Å². The standard InChI is InChI=1S/C15H22ClNO/c1-13-6-7-15(14(16)12-13)18-11-10-17-8-4-2-3-5-9-17/h6-7,12H,2-5,8-11H2,1H3/p+1. The van der Waals surface area contributed by atoms with Crippen LogP contribution in [0.25, 0.3) is 0 Å². The molecule has 100 valence electrons. The van der Waals surface area contributed by atoms with E-state index in [0.717, 1.165) is 23.9 Å². The zero-order valence-corrected chi connectivity index (χ0v) is 11.9. The molecule has 1 aromatic carbocycles. The van der Waals surface area contributed by atoms with E-state index < -0.39 is 0 Å². The predicted octanol–water partition coefficient (Wildman–Crippen LogP) is 2.49. The Morgan fingerprint density at radius 1 is 1.17 bits per heavy atom. The molecule has 0 bridgehead atoms. The Balaban J connectivity index is 1.77. The average Bonchev–Trinajstić information content (AvgIpc) is 2.60. The molecule has 3 heteroatoms. The van der Waals surface area contributed by atoms with Crippen LogP contribution in [0.1, 0.15) is 31.2 Å². The normalized spacial score (nSPS) is 17.4. The lowest BCUT2D eigenvalue weighted by atomic mass is 10.2. The zero-order chi connectivity index (χ0) is 12.8. The smallest absolute Gasteiger partial charge is 0.138 e. The van der Waals surface area contributed by atoms with Crippen LogP contribution in [-0.2, 0) is 0 Å². The van der Waals surface area contributed by atoms with E-state index >= 15 is 0 Å². The quantitative estimate of drug-likeness (QED) is 0.886. The minimum Gasteiger partial charge on any atom is -0.486 e. The Kier molecular flexibility index (Phi) is 5.33. The second kappa shape index (κ2) is 7.01. The second-order valence-electron chi connectivity index (χ2n) is 5.20. The maximum absolute atomic E-state index is 6.15. The van der Waals surface area contributed by atoms with E-state index in [-0.39, 0.29) is 0 Å². The van der Waals surface area contributed by atoms with Crippen molar-refractivity contribution in [2.45, 2.75) is 32.6 Å². The zero-order valence-electron chi connectivity index (χ0n) is 11.2. The lowest BCUT2D eigenvalue weighted by Crippen LogP contribution is -3.12. The van der Waals surface area contributed by atoms with Gasteiger partial charge in [-0.05, 0) is 50.3 Å². The predicted molar refractivity (Wildman–Crippen MR) is 75.7 cm³/mol. The molecule has 1 aromatic rings. The molecule has 1 aliphatic rings. The first kappa shape index (κ1) is 13.7. The Bertz CT molecular complexity index is 373. The van der Waals surface area contributed by atoms with Gasteiger partial charge in [-0.1, -0.05) is 17.7 Å². The van der Waals surface area contributed by atoms with Crippen LogP contribution in [0, 0.1) is 6.92 Å². The monoisotopic (exact) mass is 268 g/mol. The minimum atomic E-state index is 0.723. The van der Waals surface area contributed by atoms with Gasteiger partial charge in [0.2, 0.25) is 0 Å². The molecule has 1 N–H and O–H groups in total. The number of aryl methyl sites for hydroxylation is 1. The molecule has 0 amide bonds. The lowest BCUT2D eigenvalue weighted by Gasteiger charge is -2.17. The van der Waals surface area contributed by atoms with Crippen LogP contribution < -0.4 is 9.64 Å². The van der Waals surface area contributed by atoms with Crippen LogP contribution in [-0.4, -0.2) is 26.2 Å². The summed E-state index contributed by atoms with van der Waals surface area (Å²) in [6.07, 6.45) is 5.52. The number of benzene rings is 1. The molecule has 2 nitrogen and oxygen atoms in total. The van der Waals surface area contributed by atoms with E-state index in [2.05, 4.69) is 0 Å². The Hall–Kier alpha value is -0.730. The summed E-state index contributed by atoms with van der Waals surface area (Å²) >= 11 is 6.15. The van der Waals surface area contributed by atoms with Crippen LogP contribution in [0.2, 0.25) is 5.02 Å². The van der Waals surface area contributed by atoms with Crippen molar-refractivity contribution in [3.63, 3.8) is 0 Å². The summed E-state index contributed by atoms with van der Waals surface area (Å²) in [5, 5.41) is 0.723. The van der Waals surface area contributed by atoms with E-state index in [0.29, 0.717) is 0 Å². The Morgan fingerprint density at radius 2 is 1.89 bits per heavy atom. The van der Waals surface area contributed by atoms with Crippen molar-refractivity contribution in [3.8, 4) is 5.75 Å². The van der Waals surface area contributed by atoms with Gasteiger partial charge in [-0.25, -0.2) is 0 Å². The van der Waals surface area contributed by atoms with Crippen LogP contribution in [0.15, 0.2) is 18.2 Å². The Morgan fingerprint density at radius 3 is 2.56 bits per heavy atom. The van der Waals surface area contributed by atoms with Gasteiger partial charge < -0.3 is 9.64 Å². The number of rotatable bonds is 4. The molecular formula is C15H23ClNO+. The highest BCUT2D eigenvalue weighted by Gasteiger charge is 2.12. The summed E-state index contributed by atoms with van der Waals surface area (Å²) < 4.78 is 5.78. The number of hydrogen-bond acceptors (Lipinski definition) is 1. The van der Waals surface area contributed by atoms with Gasteiger partial charge in [0, 0.05) is 0 Å². The molecule has 0 atom stereocenters. The van der Waals surface area contributed by atoms with Crippen molar-refractivity contribution < 1.29 is 9.64 Å². The van der Waals surface area contributed by atoms with Gasteiger partial charge in [0.05, 0.1) is 18.1 Å². The van der Waals surface area contributed by atoms with Gasteiger partial charge in [-0.15, -0.1) is 0 Å². The molecule has 0 saturated carbocycles. The van der Waals surface area contributed by atoms with Gasteiger partial charge in [0.25, 0.3) is 0 Å². The van der Waals surface area contributed by atoms with Gasteiger partial charge in [0.15, 0.2) is 0 Å². The molecule has 2 rings (SSSR count). The summed E-state index contributed by atoms with van der Waals surface area (Å²) in [4.78, 5) is 1.68. The van der Waals surface area contributed by atoms with Crippen molar-refractivity contribution >= 4 is 11.6 Å². The van der Waals surface area contributed by atoms with Crippen molar-refractivity contribution in [2.24, 2.45) is 0 Å². The highest BCUT2D eigenvalue weighted by atomic mass is 35.5. The molecule has 0 spiro atoms. The average molecular weight is 269 g/mol. The largest absolute Gasteiger partial charge is 0.486 e. The third-order valence-corrected chi connectivity index (χ3v) is 3.91. The second-order valence-corrected chi connectivity index (χ2v) is 5.60. The van der Waals surface area contributed by atoms with Crippen molar-refractivity contribution in [1.82, 2.24) is 0 Å². The molecule has 1 saturated heterocycles. The van der Waals surface area contributed by atoms with Crippen LogP contribution in [0.3, 0.4) is 0 Å². The maximum atomic E-state index is 6.15. The van der Waals surface area contributed by atoms with Crippen molar-refractivity contribution in [2.75, 3.05) is 26.2 Å². The summed E-state index contributed by atoms with van der Waals surface area (Å²) in [5.41, 5.74) is 1.17. The molecule has 1 aliphatic heterocycles. The third kappa shape index (κ3) is 4.18. The lowest BCUT2D eigenvalue weighted by molar-refractivity contribution is -0.899. The van der Waals surface area contributed by atoms with E-state index in [1.165, 1.54) is 44.3 Å². The number of quaternary nitrogens is 1. The summed E-state index contributed by atoms with van der Waals surface area (Å²) in [7, 11) is 0. The summed E-state index contributed by atoms with van der Waals surface area (Å²) in [6.45, 7) is 6.48. The van der Waals surface area contributed by atoms with Gasteiger partial charge in [-0.2, -0.15) is 0 Å². The summed E-state index contributed by atoms with van der Waals surface area (Å²) in [6, 6.07) is 5.96. The first-order valence-corrected chi connectivity index (χ1v) is 7.36. The molecule has 0 unspecified atom stereocenters. The fourth-order valence-electron chi connectivity index (χ4n) is 2.51. The fourth-order valence-corrected chi connectivity index (χ4v) is 2.80. The third-order valence-electron chi connectivity index (χ3n) is 3.61.